The van der Waals surface area contributed by atoms with Crippen LogP contribution < -0.4 is 5.32 Å². The molecule has 2 aromatic rings. The Bertz CT molecular complexity index is 799. The van der Waals surface area contributed by atoms with Crippen LogP contribution in [0.15, 0.2) is 24.3 Å². The summed E-state index contributed by atoms with van der Waals surface area (Å²) < 4.78 is 1.79. The minimum atomic E-state index is -1.07. The lowest BCUT2D eigenvalue weighted by Gasteiger charge is -2.08. The van der Waals surface area contributed by atoms with Gasteiger partial charge in [-0.05, 0) is 56.9 Å². The number of carbonyl (C=O) groups excluding carboxylic acids is 1. The number of rotatable bonds is 4. The molecule has 3 rings (SSSR count). The van der Waals surface area contributed by atoms with Crippen LogP contribution in [0.1, 0.15) is 47.9 Å². The lowest BCUT2D eigenvalue weighted by molar-refractivity contribution is -0.138. The maximum Gasteiger partial charge on any atom is 0.325 e. The van der Waals surface area contributed by atoms with Gasteiger partial charge < -0.3 is 10.4 Å². The largest absolute Gasteiger partial charge is 0.480 e. The van der Waals surface area contributed by atoms with Crippen molar-refractivity contribution in [2.75, 3.05) is 0 Å². The molecule has 132 valence electrons. The summed E-state index contributed by atoms with van der Waals surface area (Å²) in [5, 5.41) is 16.7. The molecule has 25 heavy (non-hydrogen) atoms. The van der Waals surface area contributed by atoms with Gasteiger partial charge in [0.1, 0.15) is 6.04 Å². The number of amides is 1. The number of nitrogens with one attached hydrogen (secondary N) is 1. The molecule has 1 atom stereocenters. The monoisotopic (exact) mass is 361 g/mol. The van der Waals surface area contributed by atoms with Crippen molar-refractivity contribution in [1.82, 2.24) is 15.1 Å². The van der Waals surface area contributed by atoms with E-state index in [1.807, 2.05) is 12.1 Å². The van der Waals surface area contributed by atoms with Crippen molar-refractivity contribution >= 4 is 23.5 Å². The van der Waals surface area contributed by atoms with E-state index < -0.39 is 17.9 Å². The first-order valence-corrected chi connectivity index (χ1v) is 8.75. The molecular weight excluding hydrogens is 342 g/mol. The summed E-state index contributed by atoms with van der Waals surface area (Å²) in [5.74, 6) is -1.52. The number of carboxylic acids is 1. The zero-order valence-corrected chi connectivity index (χ0v) is 14.7. The predicted octanol–water partition coefficient (Wildman–Crippen LogP) is 3.00. The minimum absolute atomic E-state index is 0.319. The number of nitrogens with zero attached hydrogens (tertiary/aromatic N) is 2. The Labute approximate surface area is 150 Å². The van der Waals surface area contributed by atoms with E-state index in [-0.39, 0.29) is 0 Å². The van der Waals surface area contributed by atoms with Crippen LogP contribution in [0, 0.1) is 0 Å². The van der Waals surface area contributed by atoms with Crippen molar-refractivity contribution in [3.8, 4) is 5.69 Å². The fourth-order valence-corrected chi connectivity index (χ4v) is 3.21. The molecule has 2 N–H and O–H groups in total. The van der Waals surface area contributed by atoms with Crippen LogP contribution in [0.25, 0.3) is 5.69 Å². The van der Waals surface area contributed by atoms with E-state index in [0.717, 1.165) is 49.0 Å². The summed E-state index contributed by atoms with van der Waals surface area (Å²) in [5.41, 5.74) is 3.10. The minimum Gasteiger partial charge on any atom is -0.480 e. The Morgan fingerprint density at radius 2 is 1.88 bits per heavy atom. The highest BCUT2D eigenvalue weighted by Gasteiger charge is 2.26. The average Bonchev–Trinajstić information content (AvgIpc) is 2.77. The van der Waals surface area contributed by atoms with Gasteiger partial charge in [-0.2, -0.15) is 5.10 Å². The molecule has 0 fully saturated rings. The van der Waals surface area contributed by atoms with Gasteiger partial charge in [0.05, 0.1) is 5.69 Å². The van der Waals surface area contributed by atoms with Gasteiger partial charge in [-0.25, -0.2) is 4.68 Å². The molecule has 1 aromatic heterocycles. The molecule has 1 aliphatic carbocycles. The van der Waals surface area contributed by atoms with Crippen LogP contribution in [0.4, 0.5) is 0 Å². The summed E-state index contributed by atoms with van der Waals surface area (Å²) in [7, 11) is 0. The summed E-state index contributed by atoms with van der Waals surface area (Å²) in [6.07, 6.45) is 4.74. The van der Waals surface area contributed by atoms with Crippen molar-refractivity contribution in [3.63, 3.8) is 0 Å². The number of hydrogen-bond donors (Lipinski definition) is 2. The molecule has 7 heteroatoms. The van der Waals surface area contributed by atoms with Crippen molar-refractivity contribution < 1.29 is 14.7 Å². The molecule has 1 heterocycles. The Morgan fingerprint density at radius 3 is 2.56 bits per heavy atom. The molecule has 0 saturated carbocycles. The van der Waals surface area contributed by atoms with Gasteiger partial charge in [0.25, 0.3) is 5.91 Å². The third kappa shape index (κ3) is 3.69. The number of hydrogen-bond acceptors (Lipinski definition) is 3. The van der Waals surface area contributed by atoms with Gasteiger partial charge in [-0.3, -0.25) is 9.59 Å². The van der Waals surface area contributed by atoms with Crippen LogP contribution in [0.3, 0.4) is 0 Å². The molecule has 0 bridgehead atoms. The standard InChI is InChI=1S/C18H20ClN3O3/c1-11(18(24)25)20-17(23)16-14-5-3-2-4-6-15(14)22(21-16)13-9-7-12(19)8-10-13/h7-11H,2-6H2,1H3,(H,20,23)(H,24,25)/t11-/m0/s1. The van der Waals surface area contributed by atoms with Gasteiger partial charge in [-0.1, -0.05) is 18.0 Å². The van der Waals surface area contributed by atoms with Gasteiger partial charge in [0, 0.05) is 16.3 Å². The zero-order chi connectivity index (χ0) is 18.0. The molecule has 0 spiro atoms. The number of aliphatic carboxylic acids is 1. The second-order valence-electron chi connectivity index (χ2n) is 6.26. The molecule has 1 aliphatic rings. The highest BCUT2D eigenvalue weighted by Crippen LogP contribution is 2.27. The normalized spacial score (nSPS) is 15.1. The van der Waals surface area contributed by atoms with Gasteiger partial charge in [0.15, 0.2) is 5.69 Å². The van der Waals surface area contributed by atoms with Gasteiger partial charge in [-0.15, -0.1) is 0 Å². The predicted molar refractivity (Wildman–Crippen MR) is 94.4 cm³/mol. The van der Waals surface area contributed by atoms with E-state index in [1.165, 1.54) is 6.92 Å². The van der Waals surface area contributed by atoms with Crippen molar-refractivity contribution in [2.45, 2.75) is 45.1 Å². The van der Waals surface area contributed by atoms with E-state index >= 15 is 0 Å². The zero-order valence-electron chi connectivity index (χ0n) is 14.0. The van der Waals surface area contributed by atoms with Crippen molar-refractivity contribution in [1.29, 1.82) is 0 Å². The number of carboxylic acid groups (broad SMARTS) is 1. The number of benzene rings is 1. The number of fused-ring (bicyclic) bond motifs is 1. The Morgan fingerprint density at radius 1 is 1.20 bits per heavy atom. The van der Waals surface area contributed by atoms with Crippen LogP contribution in [0.2, 0.25) is 5.02 Å². The molecule has 1 aromatic carbocycles. The molecule has 0 aliphatic heterocycles. The van der Waals surface area contributed by atoms with E-state index in [9.17, 15) is 9.59 Å². The summed E-state index contributed by atoms with van der Waals surface area (Å²) in [6, 6.07) is 6.33. The molecule has 0 saturated heterocycles. The number of aromatic nitrogens is 2. The first-order chi connectivity index (χ1) is 12.0. The van der Waals surface area contributed by atoms with Crippen LogP contribution in [0.5, 0.6) is 0 Å². The topological polar surface area (TPSA) is 84.2 Å². The number of carbonyl (C=O) groups is 2. The first-order valence-electron chi connectivity index (χ1n) is 8.37. The van der Waals surface area contributed by atoms with E-state index in [0.29, 0.717) is 10.7 Å². The lowest BCUT2D eigenvalue weighted by atomic mass is 10.1. The Balaban J connectivity index is 2.02. The summed E-state index contributed by atoms with van der Waals surface area (Å²) in [4.78, 5) is 23.6. The Hall–Kier alpha value is -2.34. The second-order valence-corrected chi connectivity index (χ2v) is 6.69. The highest BCUT2D eigenvalue weighted by atomic mass is 35.5. The maximum absolute atomic E-state index is 12.6. The molecular formula is C18H20ClN3O3. The van der Waals surface area contributed by atoms with E-state index in [1.54, 1.807) is 16.8 Å². The first kappa shape index (κ1) is 17.5. The average molecular weight is 362 g/mol. The van der Waals surface area contributed by atoms with Crippen molar-refractivity contribution in [2.24, 2.45) is 0 Å². The fraction of sp³-hybridized carbons (Fsp3) is 0.389. The van der Waals surface area contributed by atoms with Crippen LogP contribution in [-0.4, -0.2) is 32.8 Å². The van der Waals surface area contributed by atoms with Crippen LogP contribution >= 0.6 is 11.6 Å². The molecule has 0 unspecified atom stereocenters. The summed E-state index contributed by atoms with van der Waals surface area (Å²) in [6.45, 7) is 1.44. The fourth-order valence-electron chi connectivity index (χ4n) is 3.08. The van der Waals surface area contributed by atoms with E-state index in [4.69, 9.17) is 16.7 Å². The summed E-state index contributed by atoms with van der Waals surface area (Å²) >= 11 is 5.96. The van der Waals surface area contributed by atoms with Gasteiger partial charge in [0.2, 0.25) is 0 Å². The van der Waals surface area contributed by atoms with Gasteiger partial charge >= 0.3 is 5.97 Å². The molecule has 6 nitrogen and oxygen atoms in total. The highest BCUT2D eigenvalue weighted by molar-refractivity contribution is 6.30. The third-order valence-electron chi connectivity index (χ3n) is 4.43. The molecule has 1 amide bonds. The number of halogens is 1. The second kappa shape index (κ2) is 7.27. The maximum atomic E-state index is 12.6. The quantitative estimate of drug-likeness (QED) is 0.820. The Kier molecular flexibility index (Phi) is 5.08. The molecule has 0 radical (unpaired) electrons. The smallest absolute Gasteiger partial charge is 0.325 e. The van der Waals surface area contributed by atoms with Crippen LogP contribution in [-0.2, 0) is 17.6 Å². The SMILES string of the molecule is C[C@H](NC(=O)c1nn(-c2ccc(Cl)cc2)c2c1CCCCC2)C(=O)O. The lowest BCUT2D eigenvalue weighted by Crippen LogP contribution is -2.38. The van der Waals surface area contributed by atoms with E-state index in [2.05, 4.69) is 10.4 Å². The third-order valence-corrected chi connectivity index (χ3v) is 4.69. The van der Waals surface area contributed by atoms with Crippen molar-refractivity contribution in [3.05, 3.63) is 46.2 Å².